The van der Waals surface area contributed by atoms with Gasteiger partial charge in [0.2, 0.25) is 0 Å². The van der Waals surface area contributed by atoms with Gasteiger partial charge in [-0.2, -0.15) is 0 Å². The first-order valence-electron chi connectivity index (χ1n) is 9.45. The van der Waals surface area contributed by atoms with E-state index in [0.29, 0.717) is 18.6 Å². The van der Waals surface area contributed by atoms with Crippen molar-refractivity contribution in [3.05, 3.63) is 36.5 Å². The number of hydrogen-bond donors (Lipinski definition) is 0. The summed E-state index contributed by atoms with van der Waals surface area (Å²) in [4.78, 5) is 10.9. The molecule has 0 aliphatic carbocycles. The lowest BCUT2D eigenvalue weighted by Gasteiger charge is -1.95. The van der Waals surface area contributed by atoms with Gasteiger partial charge in [0.25, 0.3) is 0 Å². The van der Waals surface area contributed by atoms with Crippen LogP contribution in [0.4, 0.5) is 0 Å². The molecule has 0 bridgehead atoms. The molecule has 1 aliphatic heterocycles. The predicted molar refractivity (Wildman–Crippen MR) is 99.9 cm³/mol. The van der Waals surface area contributed by atoms with Crippen molar-refractivity contribution in [3.63, 3.8) is 0 Å². The van der Waals surface area contributed by atoms with Crippen LogP contribution in [0.1, 0.15) is 71.1 Å². The number of esters is 1. The molecule has 1 aliphatic rings. The maximum Gasteiger partial charge on any atom is 0.305 e. The first-order chi connectivity index (χ1) is 11.8. The first-order valence-corrected chi connectivity index (χ1v) is 9.45. The monoisotopic (exact) mass is 334 g/mol. The van der Waals surface area contributed by atoms with Crippen LogP contribution < -0.4 is 0 Å². The molecule has 0 unspecified atom stereocenters. The van der Waals surface area contributed by atoms with Gasteiger partial charge in [-0.05, 0) is 44.9 Å². The van der Waals surface area contributed by atoms with Crippen LogP contribution in [0.5, 0.6) is 0 Å². The Kier molecular flexibility index (Phi) is 12.1. The third-order valence-electron chi connectivity index (χ3n) is 4.15. The average molecular weight is 335 g/mol. The zero-order chi connectivity index (χ0) is 17.5. The quantitative estimate of drug-likeness (QED) is 0.182. The first kappa shape index (κ1) is 20.7. The summed E-state index contributed by atoms with van der Waals surface area (Å²) in [5, 5.41) is 0. The zero-order valence-electron chi connectivity index (χ0n) is 15.4. The molecule has 0 aromatic carbocycles. The standard InChI is InChI=1S/C21H34O3/c1-3-4-5-6-10-13-16-19-20(24-19)17-14-11-8-7-9-12-15-18-21(22)23-2/h7,9-11,13-14,19-20H,3-6,8,12,15-18H2,1-2H3/b9-7+,13-10+,14-11-/t19-,20+/m0/s1. The molecule has 0 spiro atoms. The van der Waals surface area contributed by atoms with E-state index in [1.165, 1.54) is 32.8 Å². The average Bonchev–Trinajstić information content (AvgIpc) is 3.34. The number of rotatable bonds is 14. The summed E-state index contributed by atoms with van der Waals surface area (Å²) in [7, 11) is 1.43. The Balaban J connectivity index is 1.92. The highest BCUT2D eigenvalue weighted by Crippen LogP contribution is 2.29. The summed E-state index contributed by atoms with van der Waals surface area (Å²) < 4.78 is 10.3. The van der Waals surface area contributed by atoms with E-state index in [-0.39, 0.29) is 5.97 Å². The van der Waals surface area contributed by atoms with Crippen molar-refractivity contribution >= 4 is 5.97 Å². The second kappa shape index (κ2) is 14.0. The third kappa shape index (κ3) is 11.2. The summed E-state index contributed by atoms with van der Waals surface area (Å²) >= 11 is 0. The fourth-order valence-corrected chi connectivity index (χ4v) is 2.54. The van der Waals surface area contributed by atoms with Crippen molar-refractivity contribution in [2.24, 2.45) is 0 Å². The van der Waals surface area contributed by atoms with Gasteiger partial charge < -0.3 is 9.47 Å². The fraction of sp³-hybridized carbons (Fsp3) is 0.667. The fourth-order valence-electron chi connectivity index (χ4n) is 2.54. The van der Waals surface area contributed by atoms with Crippen molar-refractivity contribution in [1.82, 2.24) is 0 Å². The number of hydrogen-bond acceptors (Lipinski definition) is 3. The van der Waals surface area contributed by atoms with E-state index >= 15 is 0 Å². The highest BCUT2D eigenvalue weighted by molar-refractivity contribution is 5.69. The second-order valence-corrected chi connectivity index (χ2v) is 6.30. The van der Waals surface area contributed by atoms with Crippen molar-refractivity contribution in [3.8, 4) is 0 Å². The highest BCUT2D eigenvalue weighted by Gasteiger charge is 2.35. The van der Waals surface area contributed by atoms with Gasteiger partial charge in [-0.15, -0.1) is 0 Å². The Hall–Kier alpha value is -1.35. The van der Waals surface area contributed by atoms with Crippen molar-refractivity contribution in [1.29, 1.82) is 0 Å². The van der Waals surface area contributed by atoms with E-state index in [1.807, 2.05) is 0 Å². The number of carbonyl (C=O) groups is 1. The minimum absolute atomic E-state index is 0.127. The van der Waals surface area contributed by atoms with E-state index in [2.05, 4.69) is 48.1 Å². The predicted octanol–water partition coefficient (Wildman–Crippen LogP) is 5.52. The van der Waals surface area contributed by atoms with E-state index in [9.17, 15) is 4.79 Å². The lowest BCUT2D eigenvalue weighted by atomic mass is 10.1. The van der Waals surface area contributed by atoms with Crippen molar-refractivity contribution in [2.75, 3.05) is 7.11 Å². The van der Waals surface area contributed by atoms with E-state index in [1.54, 1.807) is 0 Å². The van der Waals surface area contributed by atoms with Crippen LogP contribution in [0.2, 0.25) is 0 Å². The van der Waals surface area contributed by atoms with Gasteiger partial charge in [0.15, 0.2) is 0 Å². The number of epoxide rings is 1. The molecule has 0 amide bonds. The summed E-state index contributed by atoms with van der Waals surface area (Å²) in [5.74, 6) is -0.127. The van der Waals surface area contributed by atoms with Crippen molar-refractivity contribution in [2.45, 2.75) is 83.3 Å². The Bertz CT molecular complexity index is 409. The summed E-state index contributed by atoms with van der Waals surface area (Å²) in [6, 6.07) is 0. The van der Waals surface area contributed by atoms with Gasteiger partial charge in [-0.25, -0.2) is 0 Å². The van der Waals surface area contributed by atoms with Crippen LogP contribution in [0.25, 0.3) is 0 Å². The largest absolute Gasteiger partial charge is 0.469 e. The van der Waals surface area contributed by atoms with Crippen LogP contribution in [-0.2, 0) is 14.3 Å². The van der Waals surface area contributed by atoms with Crippen LogP contribution in [-0.4, -0.2) is 25.3 Å². The maximum absolute atomic E-state index is 10.9. The molecule has 0 aromatic heterocycles. The number of allylic oxidation sites excluding steroid dienone is 4. The molecule has 1 fully saturated rings. The summed E-state index contributed by atoms with van der Waals surface area (Å²) in [6.45, 7) is 2.24. The van der Waals surface area contributed by atoms with Gasteiger partial charge in [-0.3, -0.25) is 4.79 Å². The van der Waals surface area contributed by atoms with Crippen LogP contribution >= 0.6 is 0 Å². The van der Waals surface area contributed by atoms with Gasteiger partial charge in [0.1, 0.15) is 0 Å². The van der Waals surface area contributed by atoms with Crippen LogP contribution in [0, 0.1) is 0 Å². The Morgan fingerprint density at radius 2 is 1.54 bits per heavy atom. The molecule has 1 saturated heterocycles. The Labute approximate surface area is 147 Å². The SMILES string of the molecule is CCCCC/C=C/C[C@@H]1O[C@@H]1C/C=C\C/C=C/CCCC(=O)OC. The highest BCUT2D eigenvalue weighted by atomic mass is 16.6. The molecule has 0 N–H and O–H groups in total. The molecular formula is C21H34O3. The molecule has 2 atom stereocenters. The molecule has 3 heteroatoms. The normalized spacial score (nSPS) is 20.4. The van der Waals surface area contributed by atoms with E-state index in [4.69, 9.17) is 4.74 Å². The van der Waals surface area contributed by atoms with Gasteiger partial charge >= 0.3 is 5.97 Å². The topological polar surface area (TPSA) is 38.8 Å². The maximum atomic E-state index is 10.9. The number of methoxy groups -OCH3 is 1. The molecule has 1 heterocycles. The summed E-state index contributed by atoms with van der Waals surface area (Å²) in [6.07, 6.45) is 24.6. The molecule has 3 nitrogen and oxygen atoms in total. The lowest BCUT2D eigenvalue weighted by Crippen LogP contribution is -1.98. The van der Waals surface area contributed by atoms with Crippen molar-refractivity contribution < 1.29 is 14.3 Å². The molecule has 0 radical (unpaired) electrons. The Morgan fingerprint density at radius 3 is 2.25 bits per heavy atom. The number of carbonyl (C=O) groups excluding carboxylic acids is 1. The third-order valence-corrected chi connectivity index (χ3v) is 4.15. The van der Waals surface area contributed by atoms with Crippen LogP contribution in [0.15, 0.2) is 36.5 Å². The lowest BCUT2D eigenvalue weighted by molar-refractivity contribution is -0.140. The molecule has 24 heavy (non-hydrogen) atoms. The van der Waals surface area contributed by atoms with E-state index < -0.39 is 0 Å². The van der Waals surface area contributed by atoms with Gasteiger partial charge in [0.05, 0.1) is 19.3 Å². The van der Waals surface area contributed by atoms with Gasteiger partial charge in [-0.1, -0.05) is 56.2 Å². The molecule has 1 rings (SSSR count). The number of ether oxygens (including phenoxy) is 2. The second-order valence-electron chi connectivity index (χ2n) is 6.30. The summed E-state index contributed by atoms with van der Waals surface area (Å²) in [5.41, 5.74) is 0. The Morgan fingerprint density at radius 1 is 0.917 bits per heavy atom. The molecule has 136 valence electrons. The minimum Gasteiger partial charge on any atom is -0.469 e. The molecular weight excluding hydrogens is 300 g/mol. The van der Waals surface area contributed by atoms with Crippen LogP contribution in [0.3, 0.4) is 0 Å². The molecule has 0 aromatic rings. The van der Waals surface area contributed by atoms with Gasteiger partial charge in [0, 0.05) is 6.42 Å². The smallest absolute Gasteiger partial charge is 0.305 e. The van der Waals surface area contributed by atoms with E-state index in [0.717, 1.165) is 32.1 Å². The number of unbranched alkanes of at least 4 members (excludes halogenated alkanes) is 4. The molecule has 0 saturated carbocycles. The minimum atomic E-state index is -0.127. The zero-order valence-corrected chi connectivity index (χ0v) is 15.4.